The van der Waals surface area contributed by atoms with Gasteiger partial charge in [-0.05, 0) is 73.2 Å². The maximum absolute atomic E-state index is 12.9. The van der Waals surface area contributed by atoms with Crippen LogP contribution in [0.2, 0.25) is 5.02 Å². The molecule has 3 aromatic heterocycles. The van der Waals surface area contributed by atoms with E-state index in [0.717, 1.165) is 14.5 Å². The number of pyridine rings is 1. The number of alkyl halides is 3. The number of nitrogens with zero attached hydrogens (tertiary/aromatic N) is 2. The lowest BCUT2D eigenvalue weighted by Crippen LogP contribution is -2.55. The van der Waals surface area contributed by atoms with Crippen molar-refractivity contribution >= 4 is 57.0 Å². The van der Waals surface area contributed by atoms with Crippen molar-refractivity contribution in [1.82, 2.24) is 25.9 Å². The Hall–Kier alpha value is -3.21. The molecule has 10 nitrogen and oxygen atoms in total. The van der Waals surface area contributed by atoms with Crippen LogP contribution in [-0.2, 0) is 26.3 Å². The first kappa shape index (κ1) is 33.2. The average molecular weight is 760 g/mol. The average Bonchev–Trinajstić information content (AvgIpc) is 3.72. The minimum atomic E-state index is -4.58. The normalized spacial score (nSPS) is 17.9. The van der Waals surface area contributed by atoms with Gasteiger partial charge in [-0.3, -0.25) is 14.6 Å². The molecule has 1 aliphatic heterocycles. The number of cyclic esters (lactones) is 1. The van der Waals surface area contributed by atoms with Crippen LogP contribution in [0.5, 0.6) is 0 Å². The molecule has 1 amide bonds. The summed E-state index contributed by atoms with van der Waals surface area (Å²) in [5.41, 5.74) is 0.551. The standard InChI is InChI=1S/C30H30ClF3IN5O5/c1-29(2,28-38-14-24(45-28)16-3-5-19(31)6-4-16)40-13-23(26(41)39-15-30(32,33)34)37-11-21-8-17(27(42)44-21)7-20-9-18-10-36-12-22(35)25(18)43-20/h3-6,9-10,12,14,17,21,23,37,40H,7-8,11,13,15H2,1-2H3,(H,39,41)/t17-,21+,23+/m1/s1. The predicted molar refractivity (Wildman–Crippen MR) is 167 cm³/mol. The van der Waals surface area contributed by atoms with Crippen LogP contribution in [0.3, 0.4) is 0 Å². The number of carbonyl (C=O) groups is 2. The molecule has 240 valence electrons. The monoisotopic (exact) mass is 759 g/mol. The third-order valence-electron chi connectivity index (χ3n) is 7.33. The van der Waals surface area contributed by atoms with Crippen LogP contribution in [0.1, 0.15) is 31.9 Å². The van der Waals surface area contributed by atoms with E-state index in [1.807, 2.05) is 11.4 Å². The van der Waals surface area contributed by atoms with Crippen LogP contribution < -0.4 is 16.0 Å². The molecule has 45 heavy (non-hydrogen) atoms. The summed E-state index contributed by atoms with van der Waals surface area (Å²) in [6.07, 6.45) is 0.418. The zero-order valence-corrected chi connectivity index (χ0v) is 27.1. The predicted octanol–water partition coefficient (Wildman–Crippen LogP) is 5.38. The Morgan fingerprint density at radius 3 is 2.62 bits per heavy atom. The van der Waals surface area contributed by atoms with E-state index in [4.69, 9.17) is 25.2 Å². The number of fused-ring (bicyclic) bond motifs is 1. The van der Waals surface area contributed by atoms with Crippen molar-refractivity contribution in [2.24, 2.45) is 5.92 Å². The molecule has 0 bridgehead atoms. The summed E-state index contributed by atoms with van der Waals surface area (Å²) in [7, 11) is 0. The van der Waals surface area contributed by atoms with Gasteiger partial charge in [0.1, 0.15) is 18.4 Å². The number of aromatic nitrogens is 2. The Kier molecular flexibility index (Phi) is 10.1. The number of carbonyl (C=O) groups excluding carboxylic acids is 2. The van der Waals surface area contributed by atoms with Gasteiger partial charge in [0.25, 0.3) is 0 Å². The zero-order valence-electron chi connectivity index (χ0n) is 24.2. The fraction of sp³-hybridized carbons (Fsp3) is 0.400. The molecule has 1 aliphatic rings. The summed E-state index contributed by atoms with van der Waals surface area (Å²) in [6, 6.07) is 7.75. The Morgan fingerprint density at radius 2 is 1.91 bits per heavy atom. The number of nitrogens with one attached hydrogen (secondary N) is 3. The number of hydrogen-bond acceptors (Lipinski definition) is 9. The van der Waals surface area contributed by atoms with Gasteiger partial charge in [-0.1, -0.05) is 11.6 Å². The molecule has 15 heteroatoms. The number of esters is 1. The van der Waals surface area contributed by atoms with Crippen molar-refractivity contribution < 1.29 is 36.3 Å². The minimum Gasteiger partial charge on any atom is -0.461 e. The number of furan rings is 1. The number of rotatable bonds is 12. The number of oxazole rings is 1. The second-order valence-corrected chi connectivity index (χ2v) is 12.9. The van der Waals surface area contributed by atoms with E-state index in [-0.39, 0.29) is 13.1 Å². The molecule has 4 heterocycles. The lowest BCUT2D eigenvalue weighted by molar-refractivity contribution is -0.144. The fourth-order valence-corrected chi connectivity index (χ4v) is 5.63. The summed E-state index contributed by atoms with van der Waals surface area (Å²) in [5.74, 6) is -0.319. The summed E-state index contributed by atoms with van der Waals surface area (Å²) in [5, 5.41) is 9.47. The van der Waals surface area contributed by atoms with Crippen molar-refractivity contribution in [1.29, 1.82) is 0 Å². The van der Waals surface area contributed by atoms with E-state index < -0.39 is 48.2 Å². The molecule has 1 saturated heterocycles. The Labute approximate surface area is 275 Å². The van der Waals surface area contributed by atoms with Crippen molar-refractivity contribution in [3.63, 3.8) is 0 Å². The third-order valence-corrected chi connectivity index (χ3v) is 8.35. The molecule has 5 rings (SSSR count). The van der Waals surface area contributed by atoms with Crippen LogP contribution in [-0.4, -0.2) is 59.8 Å². The van der Waals surface area contributed by atoms with Gasteiger partial charge in [0.15, 0.2) is 11.3 Å². The first-order chi connectivity index (χ1) is 21.3. The van der Waals surface area contributed by atoms with Crippen LogP contribution >= 0.6 is 34.2 Å². The zero-order chi connectivity index (χ0) is 32.4. The van der Waals surface area contributed by atoms with Crippen molar-refractivity contribution in [2.45, 2.75) is 50.6 Å². The highest BCUT2D eigenvalue weighted by Crippen LogP contribution is 2.30. The molecular formula is C30H30ClF3IN5O5. The first-order valence-corrected chi connectivity index (χ1v) is 15.5. The Morgan fingerprint density at radius 1 is 1.16 bits per heavy atom. The van der Waals surface area contributed by atoms with Crippen molar-refractivity contribution in [3.8, 4) is 11.3 Å². The number of amides is 1. The van der Waals surface area contributed by atoms with Gasteiger partial charge in [0.05, 0.1) is 27.3 Å². The van der Waals surface area contributed by atoms with Crippen molar-refractivity contribution in [3.05, 3.63) is 69.2 Å². The van der Waals surface area contributed by atoms with Crippen LogP contribution in [0.25, 0.3) is 22.3 Å². The van der Waals surface area contributed by atoms with E-state index in [0.29, 0.717) is 40.9 Å². The van der Waals surface area contributed by atoms with Gasteiger partial charge in [0.2, 0.25) is 11.8 Å². The number of hydrogen-bond donors (Lipinski definition) is 3. The summed E-state index contributed by atoms with van der Waals surface area (Å²) < 4.78 is 56.9. The Balaban J connectivity index is 1.21. The van der Waals surface area contributed by atoms with Gasteiger partial charge in [-0.15, -0.1) is 0 Å². The maximum Gasteiger partial charge on any atom is 0.405 e. The van der Waals surface area contributed by atoms with Crippen LogP contribution in [0, 0.1) is 9.49 Å². The molecule has 0 unspecified atom stereocenters. The lowest BCUT2D eigenvalue weighted by atomic mass is 9.99. The molecule has 4 aromatic rings. The topological polar surface area (TPSA) is 132 Å². The highest BCUT2D eigenvalue weighted by Gasteiger charge is 2.37. The maximum atomic E-state index is 12.9. The van der Waals surface area contributed by atoms with Gasteiger partial charge in [-0.2, -0.15) is 13.2 Å². The fourth-order valence-electron chi connectivity index (χ4n) is 4.93. The smallest absolute Gasteiger partial charge is 0.405 e. The van der Waals surface area contributed by atoms with Gasteiger partial charge in [-0.25, -0.2) is 4.98 Å². The third kappa shape index (κ3) is 8.54. The first-order valence-electron chi connectivity index (χ1n) is 14.0. The molecule has 1 fully saturated rings. The SMILES string of the molecule is CC(C)(NC[C@H](NC[C@@H]1C[C@@H](Cc2cc3cncc(I)c3o2)C(=O)O1)C(=O)NCC(F)(F)F)c1ncc(-c2ccc(Cl)cc2)o1. The summed E-state index contributed by atoms with van der Waals surface area (Å²) in [4.78, 5) is 34.0. The molecule has 0 spiro atoms. The lowest BCUT2D eigenvalue weighted by Gasteiger charge is -2.27. The van der Waals surface area contributed by atoms with Crippen LogP contribution in [0.15, 0.2) is 57.8 Å². The molecular weight excluding hydrogens is 730 g/mol. The van der Waals surface area contributed by atoms with E-state index in [9.17, 15) is 22.8 Å². The Bertz CT molecular complexity index is 1660. The molecule has 0 aliphatic carbocycles. The second kappa shape index (κ2) is 13.6. The van der Waals surface area contributed by atoms with Gasteiger partial charge >= 0.3 is 12.1 Å². The van der Waals surface area contributed by atoms with Gasteiger partial charge in [0, 0.05) is 47.9 Å². The highest BCUT2D eigenvalue weighted by molar-refractivity contribution is 14.1. The highest BCUT2D eigenvalue weighted by atomic mass is 127. The molecule has 3 atom stereocenters. The quantitative estimate of drug-likeness (QED) is 0.129. The number of ether oxygens (including phenoxy) is 1. The van der Waals surface area contributed by atoms with E-state index in [1.54, 1.807) is 56.7 Å². The largest absolute Gasteiger partial charge is 0.461 e. The van der Waals surface area contributed by atoms with E-state index in [2.05, 4.69) is 43.2 Å². The molecule has 1 aromatic carbocycles. The van der Waals surface area contributed by atoms with E-state index in [1.165, 1.54) is 0 Å². The molecule has 0 saturated carbocycles. The summed E-state index contributed by atoms with van der Waals surface area (Å²) >= 11 is 8.09. The second-order valence-electron chi connectivity index (χ2n) is 11.3. The number of halogens is 5. The van der Waals surface area contributed by atoms with E-state index >= 15 is 0 Å². The molecule has 0 radical (unpaired) electrons. The number of benzene rings is 1. The summed E-state index contributed by atoms with van der Waals surface area (Å²) in [6.45, 7) is 2.03. The minimum absolute atomic E-state index is 0.0517. The van der Waals surface area contributed by atoms with Gasteiger partial charge < -0.3 is 29.5 Å². The molecule has 3 N–H and O–H groups in total. The van der Waals surface area contributed by atoms with Crippen LogP contribution in [0.4, 0.5) is 13.2 Å². The van der Waals surface area contributed by atoms with Crippen molar-refractivity contribution in [2.75, 3.05) is 19.6 Å².